The van der Waals surface area contributed by atoms with E-state index in [1.54, 1.807) is 55.7 Å². The van der Waals surface area contributed by atoms with Crippen molar-refractivity contribution in [3.05, 3.63) is 71.0 Å². The zero-order chi connectivity index (χ0) is 38.0. The van der Waals surface area contributed by atoms with Gasteiger partial charge in [-0.2, -0.15) is 0 Å². The maximum Gasteiger partial charge on any atom is 0.530 e. The fourth-order valence-corrected chi connectivity index (χ4v) is 9.72. The molecular weight excluding hydrogens is 745 g/mol. The number of hydrogen-bond donors (Lipinski definition) is 2. The SMILES string of the molecule is COc1cc([C@@H]2c3cc4c(cc3[C@@H](O[C@@H]3O[C@@H]5CO[C@H](C)O[C@H]5[C@H](O)[C@H]3O)[C@H]3COC(=O)[C@H]23)OCO4)cc(OC)c1OP1(=O)OCCC(c2ccncc2)O1. The first-order valence-corrected chi connectivity index (χ1v) is 19.4. The standard InChI is InChI=1S/C37H40NO16P/c1-17-45-15-28-35(50-17)31(39)32(40)37(51-28)52-33-21-13-25-24(47-16-48-25)12-20(21)29(30-22(33)14-46-36(30)41)19-10-26(43-2)34(27(11-19)44-3)54-55(42)49-9-6-23(53-55)18-4-7-38-8-5-18/h4-5,7-8,10-13,17,22-23,28-33,35,37,39-40H,6,9,14-16H2,1-3H3/t17-,22-,23?,28+,29+,30-,31+,32+,33+,35+,37-,55?/m0/s1. The molecule has 294 valence electrons. The molecule has 9 rings (SSSR count). The highest BCUT2D eigenvalue weighted by molar-refractivity contribution is 7.49. The number of hydrogen-bond acceptors (Lipinski definition) is 17. The Hall–Kier alpha value is -4.03. The van der Waals surface area contributed by atoms with E-state index in [0.29, 0.717) is 34.6 Å². The average Bonchev–Trinajstić information content (AvgIpc) is 3.82. The fraction of sp³-hybridized carbons (Fsp3) is 0.514. The summed E-state index contributed by atoms with van der Waals surface area (Å²) < 4.78 is 84.3. The first-order valence-electron chi connectivity index (χ1n) is 18.0. The second kappa shape index (κ2) is 14.5. The van der Waals surface area contributed by atoms with Crippen molar-refractivity contribution in [2.75, 3.05) is 40.8 Å². The number of carbonyl (C=O) groups is 1. The Morgan fingerprint density at radius 3 is 2.35 bits per heavy atom. The maximum absolute atomic E-state index is 14.0. The van der Waals surface area contributed by atoms with Gasteiger partial charge in [-0.25, -0.2) is 4.57 Å². The number of pyridine rings is 1. The van der Waals surface area contributed by atoms with E-state index in [-0.39, 0.29) is 43.9 Å². The van der Waals surface area contributed by atoms with Crippen molar-refractivity contribution in [1.29, 1.82) is 0 Å². The van der Waals surface area contributed by atoms with Crippen LogP contribution in [-0.2, 0) is 42.1 Å². The van der Waals surface area contributed by atoms with Gasteiger partial charge in [0, 0.05) is 30.7 Å². The normalized spacial score (nSPS) is 36.2. The van der Waals surface area contributed by atoms with Crippen LogP contribution >= 0.6 is 7.82 Å². The van der Waals surface area contributed by atoms with Crippen molar-refractivity contribution in [2.24, 2.45) is 11.8 Å². The van der Waals surface area contributed by atoms with Crippen LogP contribution in [0.5, 0.6) is 28.7 Å². The molecule has 1 aliphatic carbocycles. The number of fused-ring (bicyclic) bond motifs is 4. The summed E-state index contributed by atoms with van der Waals surface area (Å²) in [5.74, 6) is -1.39. The zero-order valence-electron chi connectivity index (χ0n) is 30.0. The van der Waals surface area contributed by atoms with Crippen LogP contribution in [0.15, 0.2) is 48.8 Å². The average molecular weight is 786 g/mol. The van der Waals surface area contributed by atoms with Gasteiger partial charge in [-0.1, -0.05) is 0 Å². The molecule has 55 heavy (non-hydrogen) atoms. The molecule has 0 radical (unpaired) electrons. The van der Waals surface area contributed by atoms with E-state index in [9.17, 15) is 19.6 Å². The molecule has 12 atom stereocenters. The van der Waals surface area contributed by atoms with Crippen molar-refractivity contribution in [1.82, 2.24) is 4.98 Å². The monoisotopic (exact) mass is 785 g/mol. The Morgan fingerprint density at radius 1 is 0.891 bits per heavy atom. The molecule has 6 heterocycles. The number of phosphoric ester groups is 1. The van der Waals surface area contributed by atoms with Crippen molar-refractivity contribution in [3.63, 3.8) is 0 Å². The Balaban J connectivity index is 1.08. The third-order valence-corrected chi connectivity index (χ3v) is 12.3. The van der Waals surface area contributed by atoms with Crippen LogP contribution in [0.1, 0.15) is 53.7 Å². The van der Waals surface area contributed by atoms with Gasteiger partial charge in [-0.3, -0.25) is 18.8 Å². The molecular formula is C37H40NO16P. The first-order chi connectivity index (χ1) is 26.6. The van der Waals surface area contributed by atoms with Crippen LogP contribution in [0.2, 0.25) is 0 Å². The lowest BCUT2D eigenvalue weighted by molar-refractivity contribution is -0.364. The topological polar surface area (TPSA) is 198 Å². The molecule has 5 aliphatic heterocycles. The Bertz CT molecular complexity index is 1960. The number of methoxy groups -OCH3 is 2. The molecule has 2 unspecified atom stereocenters. The largest absolute Gasteiger partial charge is 0.530 e. The third kappa shape index (κ3) is 6.50. The van der Waals surface area contributed by atoms with Crippen molar-refractivity contribution >= 4 is 13.8 Å². The van der Waals surface area contributed by atoms with Gasteiger partial charge in [0.25, 0.3) is 0 Å². The summed E-state index contributed by atoms with van der Waals surface area (Å²) in [6.45, 7) is 1.90. The maximum atomic E-state index is 14.0. The molecule has 0 bridgehead atoms. The number of benzene rings is 2. The molecule has 4 fully saturated rings. The van der Waals surface area contributed by atoms with Gasteiger partial charge in [-0.15, -0.1) is 0 Å². The smallest absolute Gasteiger partial charge is 0.493 e. The molecule has 3 aromatic rings. The van der Waals surface area contributed by atoms with Gasteiger partial charge in [-0.05, 0) is 65.6 Å². The summed E-state index contributed by atoms with van der Waals surface area (Å²) in [7, 11) is -1.35. The summed E-state index contributed by atoms with van der Waals surface area (Å²) in [5.41, 5.74) is 2.61. The van der Waals surface area contributed by atoms with Crippen LogP contribution in [0.25, 0.3) is 0 Å². The van der Waals surface area contributed by atoms with Gasteiger partial charge >= 0.3 is 13.8 Å². The summed E-state index contributed by atoms with van der Waals surface area (Å²) in [6, 6.07) is 10.5. The van der Waals surface area contributed by atoms with E-state index in [1.807, 2.05) is 0 Å². The summed E-state index contributed by atoms with van der Waals surface area (Å²) in [5, 5.41) is 22.3. The number of rotatable bonds is 8. The minimum Gasteiger partial charge on any atom is -0.493 e. The van der Waals surface area contributed by atoms with Crippen molar-refractivity contribution in [3.8, 4) is 28.7 Å². The predicted octanol–water partition coefficient (Wildman–Crippen LogP) is 3.69. The number of carbonyl (C=O) groups excluding carboxylic acids is 1. The van der Waals surface area contributed by atoms with Gasteiger partial charge in [0.2, 0.25) is 12.5 Å². The minimum atomic E-state index is -4.19. The molecule has 1 aromatic heterocycles. The van der Waals surface area contributed by atoms with Crippen LogP contribution in [0, 0.1) is 11.8 Å². The fourth-order valence-electron chi connectivity index (χ4n) is 8.29. The highest BCUT2D eigenvalue weighted by atomic mass is 31.2. The Kier molecular flexibility index (Phi) is 9.64. The first kappa shape index (κ1) is 36.6. The van der Waals surface area contributed by atoms with Gasteiger partial charge in [0.05, 0.1) is 52.2 Å². The van der Waals surface area contributed by atoms with Crippen LogP contribution in [0.3, 0.4) is 0 Å². The molecule has 17 nitrogen and oxygen atoms in total. The quantitative estimate of drug-likeness (QED) is 0.247. The second-order valence-corrected chi connectivity index (χ2v) is 15.5. The highest BCUT2D eigenvalue weighted by Crippen LogP contribution is 2.61. The van der Waals surface area contributed by atoms with E-state index in [0.717, 1.165) is 5.56 Å². The summed E-state index contributed by atoms with van der Waals surface area (Å²) >= 11 is 0. The van der Waals surface area contributed by atoms with Gasteiger partial charge in [0.1, 0.15) is 24.4 Å². The Morgan fingerprint density at radius 2 is 1.62 bits per heavy atom. The van der Waals surface area contributed by atoms with Gasteiger partial charge < -0.3 is 57.4 Å². The highest BCUT2D eigenvalue weighted by Gasteiger charge is 2.56. The third-order valence-electron chi connectivity index (χ3n) is 10.9. The Labute approximate surface area is 315 Å². The number of ether oxygens (including phenoxy) is 9. The van der Waals surface area contributed by atoms with Crippen molar-refractivity contribution in [2.45, 2.75) is 68.5 Å². The van der Waals surface area contributed by atoms with Crippen LogP contribution in [-0.4, -0.2) is 99.0 Å². The molecule has 0 amide bonds. The minimum absolute atomic E-state index is 0.00826. The summed E-state index contributed by atoms with van der Waals surface area (Å²) in [4.78, 5) is 17.8. The molecule has 2 N–H and O–H groups in total. The van der Waals surface area contributed by atoms with Crippen molar-refractivity contribution < 1.29 is 75.8 Å². The van der Waals surface area contributed by atoms with Crippen LogP contribution in [0.4, 0.5) is 0 Å². The zero-order valence-corrected chi connectivity index (χ0v) is 30.9. The molecule has 2 aromatic carbocycles. The predicted molar refractivity (Wildman–Crippen MR) is 184 cm³/mol. The molecule has 0 spiro atoms. The van der Waals surface area contributed by atoms with E-state index < -0.39 is 80.7 Å². The lowest BCUT2D eigenvalue weighted by Crippen LogP contribution is -2.63. The number of nitrogens with zero attached hydrogens (tertiary/aromatic N) is 1. The van der Waals surface area contributed by atoms with Gasteiger partial charge in [0.15, 0.2) is 35.6 Å². The molecule has 6 aliphatic rings. The molecule has 18 heteroatoms. The number of aromatic nitrogens is 1. The van der Waals surface area contributed by atoms with E-state index in [1.165, 1.54) is 14.2 Å². The van der Waals surface area contributed by atoms with E-state index >= 15 is 0 Å². The number of cyclic esters (lactones) is 1. The van der Waals surface area contributed by atoms with E-state index in [2.05, 4.69) is 4.98 Å². The lowest BCUT2D eigenvalue weighted by Gasteiger charge is -2.47. The molecule has 0 saturated carbocycles. The second-order valence-electron chi connectivity index (χ2n) is 14.0. The van der Waals surface area contributed by atoms with E-state index in [4.69, 9.17) is 56.2 Å². The number of aliphatic hydroxyl groups excluding tert-OH is 2. The number of aliphatic hydroxyl groups is 2. The molecule has 4 saturated heterocycles. The lowest BCUT2D eigenvalue weighted by atomic mass is 9.66. The number of phosphoric acid groups is 1. The summed E-state index contributed by atoms with van der Waals surface area (Å²) in [6.07, 6.45) is -3.99. The number of esters is 1. The van der Waals surface area contributed by atoms with Crippen LogP contribution < -0.4 is 23.5 Å².